The summed E-state index contributed by atoms with van der Waals surface area (Å²) in [5, 5.41) is 0. The maximum atomic E-state index is 13.4. The topological polar surface area (TPSA) is 29.5 Å². The van der Waals surface area contributed by atoms with Gasteiger partial charge in [-0.15, -0.1) is 11.6 Å². The summed E-state index contributed by atoms with van der Waals surface area (Å²) in [7, 11) is 1.56. The molecule has 0 N–H and O–H groups in total. The van der Waals surface area contributed by atoms with E-state index in [0.717, 1.165) is 12.1 Å². The summed E-state index contributed by atoms with van der Waals surface area (Å²) >= 11 is 5.43. The Balaban J connectivity index is 2.50. The fourth-order valence-electron chi connectivity index (χ4n) is 1.47. The first-order valence-electron chi connectivity index (χ1n) is 5.86. The third kappa shape index (κ3) is 5.12. The van der Waals surface area contributed by atoms with E-state index >= 15 is 0 Å². The van der Waals surface area contributed by atoms with Crippen LogP contribution in [-0.2, 0) is 16.0 Å². The van der Waals surface area contributed by atoms with Crippen LogP contribution in [-0.4, -0.2) is 43.5 Å². The molecule has 1 aromatic carbocycles. The third-order valence-electron chi connectivity index (χ3n) is 2.61. The molecule has 0 fully saturated rings. The van der Waals surface area contributed by atoms with Crippen molar-refractivity contribution >= 4 is 17.5 Å². The van der Waals surface area contributed by atoms with E-state index in [2.05, 4.69) is 0 Å². The zero-order chi connectivity index (χ0) is 14.3. The van der Waals surface area contributed by atoms with Crippen LogP contribution in [0.1, 0.15) is 5.56 Å². The number of carbonyl (C=O) groups is 1. The minimum Gasteiger partial charge on any atom is -0.378 e. The van der Waals surface area contributed by atoms with Gasteiger partial charge in [0.05, 0.1) is 19.6 Å². The minimum absolute atomic E-state index is 0.207. The van der Waals surface area contributed by atoms with E-state index < -0.39 is 11.6 Å². The molecule has 6 heteroatoms. The molecule has 0 aliphatic rings. The molecule has 0 aliphatic heterocycles. The number of ether oxygens (including phenoxy) is 1. The van der Waals surface area contributed by atoms with Gasteiger partial charge in [-0.05, 0) is 12.1 Å². The predicted molar refractivity (Wildman–Crippen MR) is 69.2 cm³/mol. The van der Waals surface area contributed by atoms with Crippen molar-refractivity contribution in [1.29, 1.82) is 0 Å². The highest BCUT2D eigenvalue weighted by Crippen LogP contribution is 2.13. The Hall–Kier alpha value is -1.20. The Bertz CT molecular complexity index is 409. The zero-order valence-electron chi connectivity index (χ0n) is 10.7. The lowest BCUT2D eigenvalue weighted by Gasteiger charge is -2.17. The molecule has 106 valence electrons. The first-order chi connectivity index (χ1) is 9.06. The molecule has 1 amide bonds. The summed E-state index contributed by atoms with van der Waals surface area (Å²) < 4.78 is 31.9. The molecule has 19 heavy (non-hydrogen) atoms. The summed E-state index contributed by atoms with van der Waals surface area (Å²) in [6.45, 7) is 1.10. The summed E-state index contributed by atoms with van der Waals surface area (Å²) in [6, 6.07) is 3.53. The second-order valence-electron chi connectivity index (χ2n) is 3.99. The first kappa shape index (κ1) is 15.9. The molecular weight excluding hydrogens is 276 g/mol. The van der Waals surface area contributed by atoms with Crippen LogP contribution in [0.15, 0.2) is 18.2 Å². The first-order valence-corrected chi connectivity index (χ1v) is 6.40. The van der Waals surface area contributed by atoms with Crippen LogP contribution in [0.3, 0.4) is 0 Å². The lowest BCUT2D eigenvalue weighted by Crippen LogP contribution is -2.32. The number of likely N-dealkylation sites (N-methyl/N-ethyl adjacent to an activating group) is 1. The summed E-state index contributed by atoms with van der Waals surface area (Å²) in [5.74, 6) is -1.39. The SMILES string of the molecule is CN(CCOCCCl)C(=O)Cc1c(F)cccc1F. The molecule has 0 aliphatic carbocycles. The van der Waals surface area contributed by atoms with E-state index in [4.69, 9.17) is 16.3 Å². The second kappa shape index (κ2) is 8.07. The number of alkyl halides is 1. The molecule has 3 nitrogen and oxygen atoms in total. The summed E-state index contributed by atoms with van der Waals surface area (Å²) in [6.07, 6.45) is -0.301. The summed E-state index contributed by atoms with van der Waals surface area (Å²) in [4.78, 5) is 13.2. The van der Waals surface area contributed by atoms with Gasteiger partial charge in [0.25, 0.3) is 0 Å². The Morgan fingerprint density at radius 1 is 1.32 bits per heavy atom. The van der Waals surface area contributed by atoms with Crippen LogP contribution in [0.5, 0.6) is 0 Å². The molecule has 0 saturated carbocycles. The van der Waals surface area contributed by atoms with E-state index in [1.54, 1.807) is 7.05 Å². The number of carbonyl (C=O) groups excluding carboxylic acids is 1. The molecule has 0 bridgehead atoms. The van der Waals surface area contributed by atoms with Crippen LogP contribution >= 0.6 is 11.6 Å². The highest BCUT2D eigenvalue weighted by molar-refractivity contribution is 6.17. The monoisotopic (exact) mass is 291 g/mol. The van der Waals surface area contributed by atoms with E-state index in [1.165, 1.54) is 11.0 Å². The lowest BCUT2D eigenvalue weighted by molar-refractivity contribution is -0.129. The second-order valence-corrected chi connectivity index (χ2v) is 4.37. The van der Waals surface area contributed by atoms with Crippen molar-refractivity contribution in [2.75, 3.05) is 32.7 Å². The van der Waals surface area contributed by atoms with Crippen molar-refractivity contribution in [1.82, 2.24) is 4.90 Å². The van der Waals surface area contributed by atoms with Crippen molar-refractivity contribution in [3.63, 3.8) is 0 Å². The van der Waals surface area contributed by atoms with Gasteiger partial charge < -0.3 is 9.64 Å². The molecule has 0 unspecified atom stereocenters. The average Bonchev–Trinajstić information content (AvgIpc) is 2.38. The fraction of sp³-hybridized carbons (Fsp3) is 0.462. The van der Waals surface area contributed by atoms with Crippen LogP contribution < -0.4 is 0 Å². The largest absolute Gasteiger partial charge is 0.378 e. The molecule has 1 aromatic rings. The van der Waals surface area contributed by atoms with Gasteiger partial charge in [-0.2, -0.15) is 0 Å². The van der Waals surface area contributed by atoms with Crippen molar-refractivity contribution < 1.29 is 18.3 Å². The van der Waals surface area contributed by atoms with Gasteiger partial charge in [-0.1, -0.05) is 6.07 Å². The Morgan fingerprint density at radius 3 is 2.53 bits per heavy atom. The van der Waals surface area contributed by atoms with Crippen LogP contribution in [0.2, 0.25) is 0 Å². The standard InChI is InChI=1S/C13H16ClF2NO2/c1-17(6-8-19-7-5-14)13(18)9-10-11(15)3-2-4-12(10)16/h2-4H,5-9H2,1H3. The molecule has 0 saturated heterocycles. The predicted octanol–water partition coefficient (Wildman–Crippen LogP) is 2.22. The van der Waals surface area contributed by atoms with E-state index in [1.807, 2.05) is 0 Å². The number of hydrogen-bond donors (Lipinski definition) is 0. The van der Waals surface area contributed by atoms with Gasteiger partial charge in [0.2, 0.25) is 5.91 Å². The number of halogens is 3. The Labute approximate surface area is 116 Å². The molecule has 0 spiro atoms. The Kier molecular flexibility index (Phi) is 6.73. The minimum atomic E-state index is -0.708. The van der Waals surface area contributed by atoms with Crippen molar-refractivity contribution in [2.45, 2.75) is 6.42 Å². The molecule has 0 aromatic heterocycles. The molecule has 1 rings (SSSR count). The third-order valence-corrected chi connectivity index (χ3v) is 2.76. The highest BCUT2D eigenvalue weighted by Gasteiger charge is 2.15. The van der Waals surface area contributed by atoms with Crippen molar-refractivity contribution in [3.05, 3.63) is 35.4 Å². The van der Waals surface area contributed by atoms with Crippen LogP contribution in [0.4, 0.5) is 8.78 Å². The van der Waals surface area contributed by atoms with Gasteiger partial charge in [0.1, 0.15) is 11.6 Å². The van der Waals surface area contributed by atoms with Crippen LogP contribution in [0, 0.1) is 11.6 Å². The maximum absolute atomic E-state index is 13.4. The highest BCUT2D eigenvalue weighted by atomic mass is 35.5. The number of amides is 1. The quantitative estimate of drug-likeness (QED) is 0.569. The lowest BCUT2D eigenvalue weighted by atomic mass is 10.1. The van der Waals surface area contributed by atoms with E-state index in [9.17, 15) is 13.6 Å². The van der Waals surface area contributed by atoms with Gasteiger partial charge in [0.15, 0.2) is 0 Å². The smallest absolute Gasteiger partial charge is 0.227 e. The van der Waals surface area contributed by atoms with Gasteiger partial charge in [-0.25, -0.2) is 8.78 Å². The zero-order valence-corrected chi connectivity index (χ0v) is 11.4. The summed E-state index contributed by atoms with van der Waals surface area (Å²) in [5.41, 5.74) is -0.207. The van der Waals surface area contributed by atoms with Gasteiger partial charge in [-0.3, -0.25) is 4.79 Å². The molecular formula is C13H16ClF2NO2. The Morgan fingerprint density at radius 2 is 1.95 bits per heavy atom. The van der Waals surface area contributed by atoms with Gasteiger partial charge in [0, 0.05) is 25.0 Å². The molecule has 0 radical (unpaired) electrons. The van der Waals surface area contributed by atoms with Crippen molar-refractivity contribution in [2.24, 2.45) is 0 Å². The van der Waals surface area contributed by atoms with E-state index in [-0.39, 0.29) is 17.9 Å². The number of benzene rings is 1. The fourth-order valence-corrected chi connectivity index (χ4v) is 1.58. The molecule has 0 atom stereocenters. The van der Waals surface area contributed by atoms with E-state index in [0.29, 0.717) is 25.6 Å². The van der Waals surface area contributed by atoms with Crippen molar-refractivity contribution in [3.8, 4) is 0 Å². The maximum Gasteiger partial charge on any atom is 0.227 e. The van der Waals surface area contributed by atoms with Gasteiger partial charge >= 0.3 is 0 Å². The number of nitrogens with zero attached hydrogens (tertiary/aromatic N) is 1. The number of rotatable bonds is 7. The normalized spacial score (nSPS) is 10.5. The average molecular weight is 292 g/mol. The number of hydrogen-bond acceptors (Lipinski definition) is 2. The molecule has 0 heterocycles. The van der Waals surface area contributed by atoms with Crippen LogP contribution in [0.25, 0.3) is 0 Å².